The number of thioether (sulfide) groups is 1. The van der Waals surface area contributed by atoms with E-state index in [-0.39, 0.29) is 11.2 Å². The van der Waals surface area contributed by atoms with Crippen LogP contribution in [0, 0.1) is 0 Å². The summed E-state index contributed by atoms with van der Waals surface area (Å²) in [6.45, 7) is 5.53. The molecule has 1 atom stereocenters. The van der Waals surface area contributed by atoms with Gasteiger partial charge in [0.15, 0.2) is 5.65 Å². The second-order valence-corrected chi connectivity index (χ2v) is 8.46. The van der Waals surface area contributed by atoms with Crippen molar-refractivity contribution in [1.29, 1.82) is 0 Å². The molecule has 0 fully saturated rings. The Labute approximate surface area is 172 Å². The number of hydrogen-bond donors (Lipinski definition) is 0. The quantitative estimate of drug-likeness (QED) is 0.481. The van der Waals surface area contributed by atoms with Gasteiger partial charge in [-0.25, -0.2) is 4.98 Å². The van der Waals surface area contributed by atoms with E-state index in [1.807, 2.05) is 48.2 Å². The first kappa shape index (κ1) is 18.1. The lowest BCUT2D eigenvalue weighted by molar-refractivity contribution is -0.117. The summed E-state index contributed by atoms with van der Waals surface area (Å²) in [4.78, 5) is 19.7. The molecule has 2 aromatic carbocycles. The smallest absolute Gasteiger partial charge is 0.240 e. The van der Waals surface area contributed by atoms with Crippen LogP contribution < -0.4 is 4.90 Å². The monoisotopic (exact) mass is 403 g/mol. The summed E-state index contributed by atoms with van der Waals surface area (Å²) in [6, 6.07) is 16.2. The summed E-state index contributed by atoms with van der Waals surface area (Å²) in [6.07, 6.45) is 0.903. The summed E-state index contributed by atoms with van der Waals surface area (Å²) < 4.78 is 2.15. The number of nitrogens with zero attached hydrogens (tertiary/aromatic N) is 5. The van der Waals surface area contributed by atoms with E-state index in [9.17, 15) is 4.79 Å². The van der Waals surface area contributed by atoms with Crippen LogP contribution in [0.4, 0.5) is 5.69 Å². The van der Waals surface area contributed by atoms with Crippen molar-refractivity contribution in [2.75, 3.05) is 11.4 Å². The van der Waals surface area contributed by atoms with Crippen molar-refractivity contribution < 1.29 is 4.79 Å². The fourth-order valence-corrected chi connectivity index (χ4v) is 4.83. The van der Waals surface area contributed by atoms with E-state index in [0.29, 0.717) is 5.16 Å². The fourth-order valence-electron chi connectivity index (χ4n) is 4.05. The van der Waals surface area contributed by atoms with Gasteiger partial charge in [-0.05, 0) is 38.0 Å². The Bertz CT molecular complexity index is 1230. The number of para-hydroxylation sites is 2. The van der Waals surface area contributed by atoms with Crippen molar-refractivity contribution >= 4 is 45.4 Å². The van der Waals surface area contributed by atoms with Gasteiger partial charge in [-0.2, -0.15) is 0 Å². The molecule has 1 amide bonds. The minimum atomic E-state index is -0.292. The topological polar surface area (TPSA) is 63.9 Å². The summed E-state index contributed by atoms with van der Waals surface area (Å²) >= 11 is 1.37. The summed E-state index contributed by atoms with van der Waals surface area (Å²) in [5.74, 6) is 0.0830. The van der Waals surface area contributed by atoms with E-state index in [0.717, 1.165) is 47.3 Å². The van der Waals surface area contributed by atoms with E-state index in [4.69, 9.17) is 4.98 Å². The maximum atomic E-state index is 13.1. The summed E-state index contributed by atoms with van der Waals surface area (Å²) in [5, 5.41) is 10.1. The predicted octanol–water partition coefficient (Wildman–Crippen LogP) is 4.07. The first-order chi connectivity index (χ1) is 14.2. The molecule has 0 saturated carbocycles. The van der Waals surface area contributed by atoms with Crippen LogP contribution in [0.2, 0.25) is 0 Å². The minimum absolute atomic E-state index is 0.0830. The molecule has 0 radical (unpaired) electrons. The molecule has 29 heavy (non-hydrogen) atoms. The molecule has 1 aliphatic rings. The van der Waals surface area contributed by atoms with Crippen molar-refractivity contribution in [3.63, 3.8) is 0 Å². The van der Waals surface area contributed by atoms with Crippen molar-refractivity contribution in [3.8, 4) is 0 Å². The van der Waals surface area contributed by atoms with Gasteiger partial charge in [0.25, 0.3) is 0 Å². The van der Waals surface area contributed by atoms with Crippen LogP contribution in [-0.4, -0.2) is 37.5 Å². The molecular weight excluding hydrogens is 382 g/mol. The zero-order chi connectivity index (χ0) is 20.0. The van der Waals surface area contributed by atoms with Gasteiger partial charge < -0.3 is 9.47 Å². The number of aromatic nitrogens is 4. The third kappa shape index (κ3) is 2.97. The van der Waals surface area contributed by atoms with Crippen LogP contribution >= 0.6 is 11.8 Å². The SMILES string of the molecule is CCn1c2ccccc2c2nnc(S[C@@H](C)C(=O)N3CCc4ccccc43)nc21. The Balaban J connectivity index is 1.44. The minimum Gasteiger partial charge on any atom is -0.324 e. The second-order valence-electron chi connectivity index (χ2n) is 7.16. The molecule has 0 bridgehead atoms. The lowest BCUT2D eigenvalue weighted by atomic mass is 10.2. The molecule has 1 aliphatic heterocycles. The van der Waals surface area contributed by atoms with Gasteiger partial charge in [-0.1, -0.05) is 48.2 Å². The zero-order valence-electron chi connectivity index (χ0n) is 16.4. The maximum Gasteiger partial charge on any atom is 0.240 e. The van der Waals surface area contributed by atoms with Crippen molar-refractivity contribution in [1.82, 2.24) is 19.7 Å². The molecule has 3 heterocycles. The molecule has 5 rings (SSSR count). The van der Waals surface area contributed by atoms with Gasteiger partial charge >= 0.3 is 0 Å². The molecule has 0 spiro atoms. The Kier molecular flexibility index (Phi) is 4.47. The van der Waals surface area contributed by atoms with Crippen molar-refractivity contribution in [2.24, 2.45) is 0 Å². The van der Waals surface area contributed by atoms with Crippen molar-refractivity contribution in [2.45, 2.75) is 37.2 Å². The highest BCUT2D eigenvalue weighted by molar-refractivity contribution is 8.00. The third-order valence-electron chi connectivity index (χ3n) is 5.45. The number of hydrogen-bond acceptors (Lipinski definition) is 5. The van der Waals surface area contributed by atoms with E-state index >= 15 is 0 Å². The lowest BCUT2D eigenvalue weighted by Crippen LogP contribution is -2.35. The Hall–Kier alpha value is -2.93. The van der Waals surface area contributed by atoms with Crippen LogP contribution in [-0.2, 0) is 17.8 Å². The van der Waals surface area contributed by atoms with Gasteiger partial charge in [0.1, 0.15) is 5.52 Å². The van der Waals surface area contributed by atoms with Crippen LogP contribution in [0.15, 0.2) is 53.7 Å². The zero-order valence-corrected chi connectivity index (χ0v) is 17.2. The van der Waals surface area contributed by atoms with E-state index < -0.39 is 0 Å². The first-order valence-corrected chi connectivity index (χ1v) is 10.7. The summed E-state index contributed by atoms with van der Waals surface area (Å²) in [5.41, 5.74) is 4.97. The van der Waals surface area contributed by atoms with Crippen molar-refractivity contribution in [3.05, 3.63) is 54.1 Å². The highest BCUT2D eigenvalue weighted by atomic mass is 32.2. The van der Waals surface area contributed by atoms with Crippen LogP contribution in [0.25, 0.3) is 22.1 Å². The lowest BCUT2D eigenvalue weighted by Gasteiger charge is -2.20. The standard InChI is InChI=1S/C22H21N5OS/c1-3-26-18-11-7-5-9-16(18)19-20(26)23-22(25-24-19)29-14(2)21(28)27-13-12-15-8-4-6-10-17(15)27/h4-11,14H,3,12-13H2,1-2H3/t14-/m0/s1. The normalized spacial score (nSPS) is 14.5. The molecule has 0 unspecified atom stereocenters. The number of amides is 1. The molecular formula is C22H21N5OS. The molecule has 0 aliphatic carbocycles. The highest BCUT2D eigenvalue weighted by Gasteiger charge is 2.29. The first-order valence-electron chi connectivity index (χ1n) is 9.85. The van der Waals surface area contributed by atoms with E-state index in [1.54, 1.807) is 0 Å². The fraction of sp³-hybridized carbons (Fsp3) is 0.273. The predicted molar refractivity (Wildman–Crippen MR) is 116 cm³/mol. The molecule has 4 aromatic rings. The number of fused-ring (bicyclic) bond motifs is 4. The van der Waals surface area contributed by atoms with E-state index in [1.165, 1.54) is 17.3 Å². The number of rotatable bonds is 4. The maximum absolute atomic E-state index is 13.1. The average molecular weight is 404 g/mol. The average Bonchev–Trinajstić information content (AvgIpc) is 3.32. The number of aryl methyl sites for hydroxylation is 1. The van der Waals surface area contributed by atoms with Gasteiger partial charge in [-0.15, -0.1) is 10.2 Å². The molecule has 6 nitrogen and oxygen atoms in total. The molecule has 146 valence electrons. The van der Waals surface area contributed by atoms with Crippen LogP contribution in [0.1, 0.15) is 19.4 Å². The van der Waals surface area contributed by atoms with Gasteiger partial charge in [0.05, 0.1) is 10.8 Å². The van der Waals surface area contributed by atoms with E-state index in [2.05, 4.69) is 33.8 Å². The number of anilines is 1. The number of benzene rings is 2. The molecule has 7 heteroatoms. The highest BCUT2D eigenvalue weighted by Crippen LogP contribution is 2.32. The van der Waals surface area contributed by atoms with Gasteiger partial charge in [0, 0.05) is 24.2 Å². The Morgan fingerprint density at radius 3 is 2.79 bits per heavy atom. The van der Waals surface area contributed by atoms with Gasteiger partial charge in [-0.3, -0.25) is 4.79 Å². The summed E-state index contributed by atoms with van der Waals surface area (Å²) in [7, 11) is 0. The molecule has 0 N–H and O–H groups in total. The number of carbonyl (C=O) groups excluding carboxylic acids is 1. The van der Waals surface area contributed by atoms with Gasteiger partial charge in [0.2, 0.25) is 11.1 Å². The van der Waals surface area contributed by atoms with Crippen LogP contribution in [0.3, 0.4) is 0 Å². The Morgan fingerprint density at radius 2 is 1.93 bits per heavy atom. The second kappa shape index (κ2) is 7.15. The Morgan fingerprint density at radius 1 is 1.14 bits per heavy atom. The largest absolute Gasteiger partial charge is 0.324 e. The molecule has 0 saturated heterocycles. The number of carbonyl (C=O) groups is 1. The molecule has 2 aromatic heterocycles. The third-order valence-corrected chi connectivity index (χ3v) is 6.39. The van der Waals surface area contributed by atoms with Crippen LogP contribution in [0.5, 0.6) is 0 Å².